The number of rotatable bonds is 0. The highest BCUT2D eigenvalue weighted by atomic mass is 32.2. The van der Waals surface area contributed by atoms with Gasteiger partial charge in [0, 0.05) is 42.0 Å². The van der Waals surface area contributed by atoms with Crippen LogP contribution in [0.15, 0.2) is 102 Å². The number of ether oxygens (including phenoxy) is 1. The summed E-state index contributed by atoms with van der Waals surface area (Å²) in [5.41, 5.74) is 9.88. The number of thioether (sulfide) groups is 1. The predicted molar refractivity (Wildman–Crippen MR) is 154 cm³/mol. The van der Waals surface area contributed by atoms with Crippen LogP contribution in [0.1, 0.15) is 37.0 Å². The van der Waals surface area contributed by atoms with Crippen LogP contribution in [0.2, 0.25) is 0 Å². The summed E-state index contributed by atoms with van der Waals surface area (Å²) in [7, 11) is 0. The summed E-state index contributed by atoms with van der Waals surface area (Å²) >= 11 is 1.95. The number of hydrazine groups is 1. The lowest BCUT2D eigenvalue weighted by molar-refractivity contribution is 0.100. The van der Waals surface area contributed by atoms with Gasteiger partial charge in [0.25, 0.3) is 0 Å². The maximum Gasteiger partial charge on any atom is 0.149 e. The molecule has 4 heterocycles. The number of allylic oxidation sites excluding steroid dienone is 1. The van der Waals surface area contributed by atoms with Gasteiger partial charge < -0.3 is 14.7 Å². The molecule has 2 N–H and O–H groups in total. The first-order valence-corrected chi connectivity index (χ1v) is 13.6. The number of terminal acetylenes is 1. The second-order valence-corrected chi connectivity index (χ2v) is 9.45. The largest absolute Gasteiger partial charge is 0.505 e. The molecule has 0 amide bonds. The van der Waals surface area contributed by atoms with Gasteiger partial charge in [-0.25, -0.2) is 5.43 Å². The Labute approximate surface area is 226 Å². The third kappa shape index (κ3) is 6.50. The Morgan fingerprint density at radius 3 is 2.43 bits per heavy atom. The fraction of sp³-hybridized carbons (Fsp3) is 0.290. The minimum absolute atomic E-state index is 0.160. The third-order valence-electron chi connectivity index (χ3n) is 6.35. The Hall–Kier alpha value is -3.37. The number of aliphatic hydroxyl groups is 1. The SMILES string of the molecule is C#C.C=C1C=CN2N[C@@H]3CCOCCN3C(=C)C2=C1O.CC.c1ccc2c(c1)CSc1ccccc1C2. The molecule has 2 saturated heterocycles. The van der Waals surface area contributed by atoms with Crippen molar-refractivity contribution in [3.63, 3.8) is 0 Å². The Balaban J connectivity index is 0.000000184. The molecule has 6 heteroatoms. The molecule has 0 bridgehead atoms. The summed E-state index contributed by atoms with van der Waals surface area (Å²) in [6.45, 7) is 14.1. The minimum Gasteiger partial charge on any atom is -0.505 e. The van der Waals surface area contributed by atoms with Gasteiger partial charge >= 0.3 is 0 Å². The number of nitrogens with zero attached hydrogens (tertiary/aromatic N) is 2. The van der Waals surface area contributed by atoms with Gasteiger partial charge in [-0.05, 0) is 35.3 Å². The van der Waals surface area contributed by atoms with Crippen molar-refractivity contribution < 1.29 is 9.84 Å². The number of aliphatic hydroxyl groups excluding tert-OH is 1. The second kappa shape index (κ2) is 13.8. The van der Waals surface area contributed by atoms with Gasteiger partial charge in [0.05, 0.1) is 18.5 Å². The van der Waals surface area contributed by atoms with Gasteiger partial charge in [-0.3, -0.25) is 5.01 Å². The van der Waals surface area contributed by atoms with E-state index >= 15 is 0 Å². The predicted octanol–water partition coefficient (Wildman–Crippen LogP) is 6.38. The zero-order chi connectivity index (χ0) is 26.8. The van der Waals surface area contributed by atoms with Gasteiger partial charge in [0.1, 0.15) is 11.5 Å². The van der Waals surface area contributed by atoms with Gasteiger partial charge in [0.15, 0.2) is 0 Å². The summed E-state index contributed by atoms with van der Waals surface area (Å²) < 4.78 is 5.48. The Kier molecular flexibility index (Phi) is 10.5. The molecule has 37 heavy (non-hydrogen) atoms. The molecule has 0 radical (unpaired) electrons. The summed E-state index contributed by atoms with van der Waals surface area (Å²) in [4.78, 5) is 3.58. The summed E-state index contributed by atoms with van der Waals surface area (Å²) in [6.07, 6.45) is 13.8. The van der Waals surface area contributed by atoms with E-state index < -0.39 is 0 Å². The molecule has 0 saturated carbocycles. The zero-order valence-corrected chi connectivity index (χ0v) is 22.6. The maximum absolute atomic E-state index is 10.1. The standard InChI is InChI=1S/C14H12S.C13H17N3O2.C2H6.C2H2/c1-2-7-13-10-15-14-8-4-3-6-12(14)9-11(13)5-1;1-9-3-5-16-12(13(9)17)10(2)15-6-8-18-7-4-11(15)14-16;2*1-2/h1-8H,9-10H2;3,5,11,14,17H,1-2,4,6-8H2;1-2H3;1-2H/t;11-;;/m.0../s1. The molecule has 1 atom stereocenters. The van der Waals surface area contributed by atoms with Crippen LogP contribution >= 0.6 is 11.8 Å². The highest BCUT2D eigenvalue weighted by Gasteiger charge is 2.35. The fourth-order valence-electron chi connectivity index (χ4n) is 4.52. The van der Waals surface area contributed by atoms with Gasteiger partial charge in [0.2, 0.25) is 0 Å². The van der Waals surface area contributed by atoms with Crippen LogP contribution in [0.3, 0.4) is 0 Å². The second-order valence-electron chi connectivity index (χ2n) is 8.44. The molecular weight excluding hydrogens is 478 g/mol. The zero-order valence-electron chi connectivity index (χ0n) is 21.8. The molecule has 0 spiro atoms. The van der Waals surface area contributed by atoms with Crippen molar-refractivity contribution in [2.24, 2.45) is 0 Å². The molecule has 2 aromatic rings. The Morgan fingerprint density at radius 2 is 1.68 bits per heavy atom. The van der Waals surface area contributed by atoms with Gasteiger partial charge in [-0.15, -0.1) is 24.6 Å². The van der Waals surface area contributed by atoms with Crippen LogP contribution in [-0.2, 0) is 16.9 Å². The van der Waals surface area contributed by atoms with Crippen molar-refractivity contribution in [1.29, 1.82) is 0 Å². The number of hydrogen-bond acceptors (Lipinski definition) is 6. The van der Waals surface area contributed by atoms with E-state index in [1.165, 1.54) is 21.6 Å². The molecule has 4 aliphatic heterocycles. The van der Waals surface area contributed by atoms with Crippen LogP contribution in [0.5, 0.6) is 0 Å². The number of benzene rings is 2. The van der Waals surface area contributed by atoms with E-state index in [9.17, 15) is 5.11 Å². The van der Waals surface area contributed by atoms with E-state index in [0.29, 0.717) is 17.9 Å². The molecule has 4 aliphatic rings. The quantitative estimate of drug-likeness (QED) is 0.397. The number of nitrogens with one attached hydrogen (secondary N) is 1. The van der Waals surface area contributed by atoms with E-state index in [-0.39, 0.29) is 11.9 Å². The van der Waals surface area contributed by atoms with E-state index in [0.717, 1.165) is 37.4 Å². The fourth-order valence-corrected chi connectivity index (χ4v) is 5.61. The average Bonchev–Trinajstić information content (AvgIpc) is 3.30. The Bertz CT molecular complexity index is 1140. The van der Waals surface area contributed by atoms with E-state index in [4.69, 9.17) is 4.74 Å². The average molecular weight is 516 g/mol. The summed E-state index contributed by atoms with van der Waals surface area (Å²) in [6, 6.07) is 17.5. The highest BCUT2D eigenvalue weighted by molar-refractivity contribution is 7.98. The van der Waals surface area contributed by atoms with E-state index in [1.54, 1.807) is 6.08 Å². The molecule has 0 aromatic heterocycles. The Morgan fingerprint density at radius 1 is 1.00 bits per heavy atom. The molecule has 6 rings (SSSR count). The molecule has 2 fully saturated rings. The van der Waals surface area contributed by atoms with Gasteiger partial charge in [-0.2, -0.15) is 0 Å². The van der Waals surface area contributed by atoms with Crippen LogP contribution in [0.4, 0.5) is 0 Å². The first-order chi connectivity index (χ1) is 18.1. The number of fused-ring (bicyclic) bond motifs is 4. The van der Waals surface area contributed by atoms with Crippen molar-refractivity contribution in [3.8, 4) is 12.8 Å². The van der Waals surface area contributed by atoms with Crippen molar-refractivity contribution in [2.45, 2.75) is 43.5 Å². The van der Waals surface area contributed by atoms with Crippen LogP contribution < -0.4 is 5.43 Å². The van der Waals surface area contributed by atoms with Crippen molar-refractivity contribution in [2.75, 3.05) is 19.8 Å². The molecule has 0 aliphatic carbocycles. The lowest BCUT2D eigenvalue weighted by Gasteiger charge is -2.45. The van der Waals surface area contributed by atoms with Crippen molar-refractivity contribution >= 4 is 11.8 Å². The summed E-state index contributed by atoms with van der Waals surface area (Å²) in [5, 5.41) is 12.0. The van der Waals surface area contributed by atoms with E-state index in [2.05, 4.69) is 84.9 Å². The highest BCUT2D eigenvalue weighted by Crippen LogP contribution is 2.34. The molecular formula is C31H37N3O2S. The van der Waals surface area contributed by atoms with Crippen molar-refractivity contribution in [3.05, 3.63) is 113 Å². The minimum atomic E-state index is 0.160. The van der Waals surface area contributed by atoms with Crippen LogP contribution in [0, 0.1) is 12.8 Å². The molecule has 194 valence electrons. The lowest BCUT2D eigenvalue weighted by atomic mass is 10.0. The monoisotopic (exact) mass is 515 g/mol. The lowest BCUT2D eigenvalue weighted by Crippen LogP contribution is -2.57. The summed E-state index contributed by atoms with van der Waals surface area (Å²) in [5.74, 6) is 1.28. The molecule has 5 nitrogen and oxygen atoms in total. The van der Waals surface area contributed by atoms with Crippen molar-refractivity contribution in [1.82, 2.24) is 15.3 Å². The topological polar surface area (TPSA) is 48.0 Å². The molecule has 0 unspecified atom stereocenters. The third-order valence-corrected chi connectivity index (χ3v) is 7.51. The first-order valence-electron chi connectivity index (χ1n) is 12.6. The molecule has 2 aromatic carbocycles. The number of hydrogen-bond donors (Lipinski definition) is 2. The van der Waals surface area contributed by atoms with Crippen LogP contribution in [0.25, 0.3) is 0 Å². The van der Waals surface area contributed by atoms with Crippen LogP contribution in [-0.4, -0.2) is 40.9 Å². The smallest absolute Gasteiger partial charge is 0.149 e. The first kappa shape index (κ1) is 28.2. The van der Waals surface area contributed by atoms with E-state index in [1.807, 2.05) is 36.8 Å². The van der Waals surface area contributed by atoms with Gasteiger partial charge in [-0.1, -0.05) is 69.5 Å². The maximum atomic E-state index is 10.1. The normalized spacial score (nSPS) is 19.5.